The topological polar surface area (TPSA) is 55.7 Å². The quantitative estimate of drug-likeness (QED) is 0.493. The summed E-state index contributed by atoms with van der Waals surface area (Å²) in [6.07, 6.45) is -5.02. The summed E-state index contributed by atoms with van der Waals surface area (Å²) in [7, 11) is 0. The van der Waals surface area contributed by atoms with Crippen LogP contribution >= 0.6 is 0 Å². The molecular formula is C21H15F6N3O. The molecule has 0 aliphatic carbocycles. The number of hydrogen-bond donors (Lipinski definition) is 0. The molecule has 0 saturated heterocycles. The van der Waals surface area contributed by atoms with Crippen molar-refractivity contribution in [1.29, 1.82) is 0 Å². The van der Waals surface area contributed by atoms with Crippen LogP contribution in [0.25, 0.3) is 0 Å². The summed E-state index contributed by atoms with van der Waals surface area (Å²) < 4.78 is 79.1. The summed E-state index contributed by atoms with van der Waals surface area (Å²) in [5.74, 6) is -1.64. The van der Waals surface area contributed by atoms with Gasteiger partial charge in [-0.15, -0.1) is 0 Å². The van der Waals surface area contributed by atoms with Crippen LogP contribution in [0, 0.1) is 0 Å². The lowest BCUT2D eigenvalue weighted by Gasteiger charge is -2.21. The summed E-state index contributed by atoms with van der Waals surface area (Å²) in [6, 6.07) is 6.86. The fourth-order valence-corrected chi connectivity index (χ4v) is 3.12. The molecule has 3 aromatic heterocycles. The van der Waals surface area contributed by atoms with Crippen LogP contribution in [0.1, 0.15) is 40.4 Å². The highest BCUT2D eigenvalue weighted by Crippen LogP contribution is 2.38. The molecule has 3 heterocycles. The number of aromatic nitrogens is 3. The van der Waals surface area contributed by atoms with Crippen LogP contribution in [-0.4, -0.2) is 20.7 Å². The first-order valence-corrected chi connectivity index (χ1v) is 9.01. The Hall–Kier alpha value is -3.30. The van der Waals surface area contributed by atoms with Gasteiger partial charge in [0.25, 0.3) is 0 Å². The number of ketones is 1. The average Bonchev–Trinajstić information content (AvgIpc) is 2.72. The molecule has 31 heavy (non-hydrogen) atoms. The van der Waals surface area contributed by atoms with E-state index in [0.29, 0.717) is 11.6 Å². The highest BCUT2D eigenvalue weighted by molar-refractivity contribution is 5.82. The van der Waals surface area contributed by atoms with E-state index in [4.69, 9.17) is 0 Å². The zero-order chi connectivity index (χ0) is 22.6. The monoisotopic (exact) mass is 439 g/mol. The van der Waals surface area contributed by atoms with Crippen LogP contribution in [0.15, 0.2) is 61.2 Å². The van der Waals surface area contributed by atoms with E-state index in [1.165, 1.54) is 12.4 Å². The molecular weight excluding hydrogens is 424 g/mol. The molecule has 3 rings (SSSR count). The normalized spacial score (nSPS) is 13.1. The largest absolute Gasteiger partial charge is 0.433 e. The smallest absolute Gasteiger partial charge is 0.299 e. The molecule has 0 saturated carbocycles. The number of carbonyl (C=O) groups excluding carboxylic acids is 1. The molecule has 0 N–H and O–H groups in total. The highest BCUT2D eigenvalue weighted by atomic mass is 19.4. The molecule has 1 unspecified atom stereocenters. The van der Waals surface area contributed by atoms with Gasteiger partial charge < -0.3 is 0 Å². The molecule has 0 bridgehead atoms. The molecule has 10 heteroatoms. The van der Waals surface area contributed by atoms with Crippen molar-refractivity contribution in [3.05, 3.63) is 89.3 Å². The van der Waals surface area contributed by atoms with Crippen molar-refractivity contribution in [3.63, 3.8) is 0 Å². The minimum absolute atomic E-state index is 0.0248. The van der Waals surface area contributed by atoms with Crippen LogP contribution in [0.2, 0.25) is 0 Å². The summed E-state index contributed by atoms with van der Waals surface area (Å²) in [4.78, 5) is 23.6. The van der Waals surface area contributed by atoms with Crippen molar-refractivity contribution in [2.24, 2.45) is 0 Å². The summed E-state index contributed by atoms with van der Waals surface area (Å²) in [5.41, 5.74) is -2.11. The van der Waals surface area contributed by atoms with Crippen LogP contribution in [0.4, 0.5) is 26.3 Å². The van der Waals surface area contributed by atoms with Crippen molar-refractivity contribution < 1.29 is 31.1 Å². The van der Waals surface area contributed by atoms with Gasteiger partial charge in [-0.3, -0.25) is 19.7 Å². The second kappa shape index (κ2) is 8.83. The Morgan fingerprint density at radius 3 is 2.19 bits per heavy atom. The van der Waals surface area contributed by atoms with E-state index in [1.807, 2.05) is 0 Å². The molecule has 0 aliphatic heterocycles. The molecule has 0 amide bonds. The lowest BCUT2D eigenvalue weighted by molar-refractivity contribution is -0.141. The fourth-order valence-electron chi connectivity index (χ4n) is 3.12. The zero-order valence-corrected chi connectivity index (χ0v) is 15.8. The van der Waals surface area contributed by atoms with Crippen LogP contribution < -0.4 is 0 Å². The Labute approximate surface area is 173 Å². The number of carbonyl (C=O) groups is 1. The molecule has 3 aromatic rings. The number of alkyl halides is 6. The van der Waals surface area contributed by atoms with Gasteiger partial charge in [0, 0.05) is 43.5 Å². The second-order valence-corrected chi connectivity index (χ2v) is 6.74. The number of halogens is 6. The number of rotatable bonds is 6. The number of nitrogens with zero attached hydrogens (tertiary/aromatic N) is 3. The van der Waals surface area contributed by atoms with E-state index in [-0.39, 0.29) is 12.0 Å². The van der Waals surface area contributed by atoms with Crippen LogP contribution in [-0.2, 0) is 23.6 Å². The van der Waals surface area contributed by atoms with Gasteiger partial charge in [0.1, 0.15) is 11.5 Å². The van der Waals surface area contributed by atoms with Crippen molar-refractivity contribution >= 4 is 5.78 Å². The first-order valence-electron chi connectivity index (χ1n) is 9.01. The van der Waals surface area contributed by atoms with E-state index >= 15 is 0 Å². The Morgan fingerprint density at radius 1 is 0.871 bits per heavy atom. The van der Waals surface area contributed by atoms with E-state index in [9.17, 15) is 31.1 Å². The molecule has 0 spiro atoms. The molecule has 162 valence electrons. The summed E-state index contributed by atoms with van der Waals surface area (Å²) in [6.45, 7) is 0. The number of hydrogen-bond acceptors (Lipinski definition) is 4. The maximum atomic E-state index is 13.5. The third-order valence-corrected chi connectivity index (χ3v) is 4.51. The third-order valence-electron chi connectivity index (χ3n) is 4.51. The lowest BCUT2D eigenvalue weighted by atomic mass is 9.87. The minimum Gasteiger partial charge on any atom is -0.299 e. The zero-order valence-electron chi connectivity index (χ0n) is 15.8. The van der Waals surface area contributed by atoms with Gasteiger partial charge in [-0.05, 0) is 35.4 Å². The molecule has 4 nitrogen and oxygen atoms in total. The van der Waals surface area contributed by atoms with Gasteiger partial charge in [0.2, 0.25) is 0 Å². The predicted molar refractivity (Wildman–Crippen MR) is 97.9 cm³/mol. The maximum absolute atomic E-state index is 13.5. The predicted octanol–water partition coefficient (Wildman–Crippen LogP) is 5.24. The van der Waals surface area contributed by atoms with Crippen molar-refractivity contribution in [3.8, 4) is 0 Å². The van der Waals surface area contributed by atoms with Crippen LogP contribution in [0.5, 0.6) is 0 Å². The Balaban J connectivity index is 2.00. The van der Waals surface area contributed by atoms with E-state index < -0.39 is 47.4 Å². The minimum atomic E-state index is -4.76. The SMILES string of the molecule is O=C(Cc1cccnc1)CC(c1ccc(C(F)(F)F)nc1)c1ncccc1C(F)(F)F. The van der Waals surface area contributed by atoms with Crippen molar-refractivity contribution in [2.45, 2.75) is 31.1 Å². The third kappa shape index (κ3) is 5.65. The van der Waals surface area contributed by atoms with Gasteiger partial charge in [-0.1, -0.05) is 12.1 Å². The molecule has 1 atom stereocenters. The average molecular weight is 439 g/mol. The molecule has 0 radical (unpaired) electrons. The highest BCUT2D eigenvalue weighted by Gasteiger charge is 2.37. The fraction of sp³-hybridized carbons (Fsp3) is 0.238. The lowest BCUT2D eigenvalue weighted by Crippen LogP contribution is -2.18. The standard InChI is InChI=1S/C21H15F6N3O/c22-20(23,24)17-4-2-8-29-19(17)16(10-15(31)9-13-3-1-7-28-11-13)14-5-6-18(30-12-14)21(25,26)27/h1-8,11-12,16H,9-10H2. The van der Waals surface area contributed by atoms with Crippen molar-refractivity contribution in [2.75, 3.05) is 0 Å². The second-order valence-electron chi connectivity index (χ2n) is 6.74. The van der Waals surface area contributed by atoms with E-state index in [0.717, 1.165) is 30.6 Å². The first-order chi connectivity index (χ1) is 14.6. The summed E-state index contributed by atoms with van der Waals surface area (Å²) >= 11 is 0. The van der Waals surface area contributed by atoms with Gasteiger partial charge in [0.05, 0.1) is 11.3 Å². The van der Waals surface area contributed by atoms with Crippen molar-refractivity contribution in [1.82, 2.24) is 15.0 Å². The van der Waals surface area contributed by atoms with E-state index in [2.05, 4.69) is 15.0 Å². The molecule has 0 fully saturated rings. The molecule has 0 aliphatic rings. The van der Waals surface area contributed by atoms with Gasteiger partial charge in [0.15, 0.2) is 0 Å². The van der Waals surface area contributed by atoms with Gasteiger partial charge in [-0.2, -0.15) is 26.3 Å². The van der Waals surface area contributed by atoms with Gasteiger partial charge in [-0.25, -0.2) is 0 Å². The maximum Gasteiger partial charge on any atom is 0.433 e. The Morgan fingerprint density at radius 2 is 1.61 bits per heavy atom. The first kappa shape index (κ1) is 22.4. The Kier molecular flexibility index (Phi) is 6.37. The van der Waals surface area contributed by atoms with E-state index in [1.54, 1.807) is 12.1 Å². The molecule has 0 aromatic carbocycles. The Bertz CT molecular complexity index is 1030. The van der Waals surface area contributed by atoms with Crippen LogP contribution in [0.3, 0.4) is 0 Å². The number of pyridine rings is 3. The summed E-state index contributed by atoms with van der Waals surface area (Å²) in [5, 5.41) is 0. The number of Topliss-reactive ketones (excluding diaryl/α,β-unsaturated/α-hetero) is 1. The van der Waals surface area contributed by atoms with Gasteiger partial charge >= 0.3 is 12.4 Å².